The number of aliphatic carboxylic acids is 1. The second kappa shape index (κ2) is 15.1. The minimum absolute atomic E-state index is 0. The summed E-state index contributed by atoms with van der Waals surface area (Å²) in [6, 6.07) is 6.55. The molecule has 14 heteroatoms. The quantitative estimate of drug-likeness (QED) is 0.138. The molecule has 11 nitrogen and oxygen atoms in total. The minimum atomic E-state index is -5.15. The van der Waals surface area contributed by atoms with Gasteiger partial charge in [-0.1, -0.05) is 6.07 Å². The second-order valence-electron chi connectivity index (χ2n) is 6.70. The van der Waals surface area contributed by atoms with Gasteiger partial charge >= 0.3 is 103 Å². The molecular weight excluding hydrogens is 526 g/mol. The second-order valence-corrected chi connectivity index (χ2v) is 8.26. The van der Waals surface area contributed by atoms with E-state index in [1.165, 1.54) is 19.2 Å². The average Bonchev–Trinajstić information content (AvgIpc) is 2.68. The monoisotopic (exact) mass is 546 g/mol. The SMILES string of the molecule is COc1ccc(CCC(=O)c2c(O)cc(OCCC(C(=O)[O-])S(=O)(=O)[O-])cc2O)cc1O.[K+].[K+]. The fourth-order valence-corrected chi connectivity index (χ4v) is 3.51. The molecule has 2 aromatic rings. The van der Waals surface area contributed by atoms with E-state index in [0.717, 1.165) is 12.1 Å². The molecule has 3 N–H and O–H groups in total. The number of carboxylic acids is 1. The zero-order valence-electron chi connectivity index (χ0n) is 18.8. The summed E-state index contributed by atoms with van der Waals surface area (Å²) in [7, 11) is -3.75. The van der Waals surface area contributed by atoms with Crippen molar-refractivity contribution < 1.29 is 155 Å². The van der Waals surface area contributed by atoms with E-state index in [4.69, 9.17) is 9.47 Å². The number of rotatable bonds is 11. The first-order valence-electron chi connectivity index (χ1n) is 9.17. The van der Waals surface area contributed by atoms with Gasteiger partial charge in [0.2, 0.25) is 0 Å². The van der Waals surface area contributed by atoms with Crippen LogP contribution in [0.3, 0.4) is 0 Å². The summed E-state index contributed by atoms with van der Waals surface area (Å²) in [6.07, 6.45) is -0.630. The summed E-state index contributed by atoms with van der Waals surface area (Å²) in [5.41, 5.74) is 0.246. The van der Waals surface area contributed by atoms with E-state index in [-0.39, 0.29) is 138 Å². The number of phenolic OH excluding ortho intramolecular Hbond substituents is 3. The Kier molecular flexibility index (Phi) is 15.0. The zero-order valence-corrected chi connectivity index (χ0v) is 25.9. The molecule has 2 aromatic carbocycles. The molecule has 174 valence electrons. The molecule has 34 heavy (non-hydrogen) atoms. The predicted molar refractivity (Wildman–Crippen MR) is 106 cm³/mol. The van der Waals surface area contributed by atoms with E-state index in [1.807, 2.05) is 0 Å². The average molecular weight is 547 g/mol. The minimum Gasteiger partial charge on any atom is -0.747 e. The largest absolute Gasteiger partial charge is 1.00 e. The van der Waals surface area contributed by atoms with E-state index in [0.29, 0.717) is 5.56 Å². The van der Waals surface area contributed by atoms with Crippen LogP contribution in [0.5, 0.6) is 28.7 Å². The van der Waals surface area contributed by atoms with Crippen molar-refractivity contribution in [2.24, 2.45) is 0 Å². The van der Waals surface area contributed by atoms with Crippen LogP contribution in [0.25, 0.3) is 0 Å². The van der Waals surface area contributed by atoms with Crippen LogP contribution in [-0.4, -0.2) is 59.0 Å². The van der Waals surface area contributed by atoms with E-state index in [2.05, 4.69) is 0 Å². The molecule has 1 atom stereocenters. The Balaban J connectivity index is 0.00000544. The molecule has 0 aliphatic rings. The number of aromatic hydroxyl groups is 3. The normalized spacial score (nSPS) is 11.5. The van der Waals surface area contributed by atoms with Gasteiger partial charge in [0.05, 0.1) is 24.9 Å². The van der Waals surface area contributed by atoms with Crippen molar-refractivity contribution in [2.45, 2.75) is 24.5 Å². The van der Waals surface area contributed by atoms with Crippen molar-refractivity contribution in [2.75, 3.05) is 13.7 Å². The summed E-state index contributed by atoms with van der Waals surface area (Å²) in [5.74, 6) is -3.92. The van der Waals surface area contributed by atoms with Crippen LogP contribution in [0.4, 0.5) is 0 Å². The Morgan fingerprint density at radius 3 is 2.09 bits per heavy atom. The molecule has 0 spiro atoms. The van der Waals surface area contributed by atoms with E-state index in [1.54, 1.807) is 6.07 Å². The van der Waals surface area contributed by atoms with Gasteiger partial charge in [-0.3, -0.25) is 4.79 Å². The Hall–Kier alpha value is -0.237. The van der Waals surface area contributed by atoms with Gasteiger partial charge in [-0.05, 0) is 24.1 Å². The number of Topliss-reactive ketones (excluding diaryl/α,β-unsaturated/α-hetero) is 1. The first kappa shape index (κ1) is 33.8. The molecule has 0 aromatic heterocycles. The molecule has 1 unspecified atom stereocenters. The molecule has 0 radical (unpaired) electrons. The van der Waals surface area contributed by atoms with Gasteiger partial charge in [-0.25, -0.2) is 8.42 Å². The van der Waals surface area contributed by atoms with Crippen molar-refractivity contribution in [3.8, 4) is 28.7 Å². The molecule has 0 aliphatic heterocycles. The van der Waals surface area contributed by atoms with Crippen LogP contribution < -0.4 is 117 Å². The predicted octanol–water partition coefficient (Wildman–Crippen LogP) is -5.93. The van der Waals surface area contributed by atoms with Gasteiger partial charge in [0.1, 0.15) is 32.9 Å². The van der Waals surface area contributed by atoms with Crippen LogP contribution in [0.1, 0.15) is 28.8 Å². The van der Waals surface area contributed by atoms with Crippen LogP contribution >= 0.6 is 0 Å². The third kappa shape index (κ3) is 9.67. The fourth-order valence-electron chi connectivity index (χ4n) is 2.89. The van der Waals surface area contributed by atoms with Crippen LogP contribution in [0.15, 0.2) is 30.3 Å². The molecule has 0 aliphatic carbocycles. The van der Waals surface area contributed by atoms with Gasteiger partial charge in [-0.15, -0.1) is 0 Å². The van der Waals surface area contributed by atoms with Gasteiger partial charge in [0, 0.05) is 25.0 Å². The topological polar surface area (TPSA) is 194 Å². The van der Waals surface area contributed by atoms with Gasteiger partial charge in [0.15, 0.2) is 17.3 Å². The maximum absolute atomic E-state index is 12.4. The first-order valence-corrected chi connectivity index (χ1v) is 10.6. The summed E-state index contributed by atoms with van der Waals surface area (Å²) in [4.78, 5) is 23.2. The van der Waals surface area contributed by atoms with Crippen LogP contribution in [0, 0.1) is 0 Å². The smallest absolute Gasteiger partial charge is 0.747 e. The summed E-state index contributed by atoms with van der Waals surface area (Å²) < 4.78 is 42.7. The van der Waals surface area contributed by atoms with Crippen LogP contribution in [-0.2, 0) is 21.3 Å². The Morgan fingerprint density at radius 1 is 1.03 bits per heavy atom. The van der Waals surface area contributed by atoms with Crippen molar-refractivity contribution in [3.05, 3.63) is 41.5 Å². The third-order valence-electron chi connectivity index (χ3n) is 4.49. The first-order chi connectivity index (χ1) is 14.9. The number of hydrogen-bond acceptors (Lipinski definition) is 11. The molecule has 0 saturated heterocycles. The number of methoxy groups -OCH3 is 1. The number of carbonyl (C=O) groups is 2. The fraction of sp³-hybridized carbons (Fsp3) is 0.300. The number of aryl methyl sites for hydroxylation is 1. The maximum atomic E-state index is 12.4. The number of hydrogen-bond donors (Lipinski definition) is 3. The number of ketones is 1. The molecule has 2 rings (SSSR count). The van der Waals surface area contributed by atoms with Crippen LogP contribution in [0.2, 0.25) is 0 Å². The Morgan fingerprint density at radius 2 is 1.62 bits per heavy atom. The van der Waals surface area contributed by atoms with Crippen molar-refractivity contribution in [3.63, 3.8) is 0 Å². The molecule has 0 bridgehead atoms. The molecule has 0 saturated carbocycles. The summed E-state index contributed by atoms with van der Waals surface area (Å²) in [5, 5.41) is 38.4. The Bertz CT molecular complexity index is 1100. The van der Waals surface area contributed by atoms with E-state index >= 15 is 0 Å². The van der Waals surface area contributed by atoms with Crippen molar-refractivity contribution in [1.82, 2.24) is 0 Å². The van der Waals surface area contributed by atoms with E-state index in [9.17, 15) is 43.0 Å². The Labute approximate surface area is 281 Å². The van der Waals surface area contributed by atoms with Crippen molar-refractivity contribution >= 4 is 21.9 Å². The molecule has 0 amide bonds. The standard InChI is InChI=1S/C20H22O11S.2K/c1-30-17-5-3-11(8-14(17)22)2-4-13(21)19-15(23)9-12(10-16(19)24)31-7-6-18(20(25)26)32(27,28)29;;/h3,5,8-10,18,22-24H,2,4,6-7H2,1H3,(H,25,26)(H,27,28,29);;/q;2*+1/p-2. The third-order valence-corrected chi connectivity index (χ3v) is 5.62. The zero-order chi connectivity index (χ0) is 24.1. The maximum Gasteiger partial charge on any atom is 1.00 e. The molecular formula is C20H20K2O11S. The van der Waals surface area contributed by atoms with Crippen molar-refractivity contribution in [1.29, 1.82) is 0 Å². The summed E-state index contributed by atoms with van der Waals surface area (Å²) >= 11 is 0. The summed E-state index contributed by atoms with van der Waals surface area (Å²) in [6.45, 7) is -0.548. The number of ether oxygens (including phenoxy) is 2. The molecule has 0 heterocycles. The number of carbonyl (C=O) groups excluding carboxylic acids is 2. The van der Waals surface area contributed by atoms with Gasteiger partial charge in [-0.2, -0.15) is 0 Å². The van der Waals surface area contributed by atoms with Gasteiger partial charge < -0.3 is 39.2 Å². The van der Waals surface area contributed by atoms with E-state index < -0.39 is 51.6 Å². The van der Waals surface area contributed by atoms with Gasteiger partial charge in [0.25, 0.3) is 0 Å². The molecule has 0 fully saturated rings. The number of carboxylic acid groups (broad SMARTS) is 1. The number of phenols is 3. The number of benzene rings is 2.